The van der Waals surface area contributed by atoms with Crippen LogP contribution in [0, 0.1) is 0 Å². The maximum Gasteiger partial charge on any atom is 0.0402 e. The van der Waals surface area contributed by atoms with Gasteiger partial charge >= 0.3 is 0 Å². The maximum absolute atomic E-state index is 5.75. The molecule has 0 saturated carbocycles. The molecule has 44 valence electrons. The molecule has 7 heavy (non-hydrogen) atoms. The van der Waals surface area contributed by atoms with E-state index in [4.69, 9.17) is 17.3 Å². The van der Waals surface area contributed by atoms with E-state index in [9.17, 15) is 0 Å². The lowest BCUT2D eigenvalue weighted by Gasteiger charge is -2.12. The van der Waals surface area contributed by atoms with Crippen LogP contribution in [0.25, 0.3) is 0 Å². The van der Waals surface area contributed by atoms with Crippen molar-refractivity contribution in [2.45, 2.75) is 25.1 Å². The molecule has 0 fully saturated rings. The van der Waals surface area contributed by atoms with Crippen molar-refractivity contribution in [3.05, 3.63) is 0 Å². The first-order valence-electron chi connectivity index (χ1n) is 2.45. The van der Waals surface area contributed by atoms with Crippen LogP contribution in [0.3, 0.4) is 0 Å². The fraction of sp³-hybridized carbons (Fsp3) is 1.00. The normalized spacial score (nSPS) is 12.0. The van der Waals surface area contributed by atoms with Crippen LogP contribution in [0.15, 0.2) is 0 Å². The van der Waals surface area contributed by atoms with Crippen molar-refractivity contribution in [1.29, 1.82) is 0 Å². The lowest BCUT2D eigenvalue weighted by molar-refractivity contribution is 0.637. The van der Waals surface area contributed by atoms with Crippen LogP contribution < -0.4 is 5.73 Å². The first-order valence-corrected chi connectivity index (χ1v) is 2.83. The average molecular weight is 122 g/mol. The topological polar surface area (TPSA) is 26.0 Å². The summed E-state index contributed by atoms with van der Waals surface area (Å²) in [6, 6.07) is 0. The van der Waals surface area contributed by atoms with E-state index in [0.717, 1.165) is 6.42 Å². The van der Waals surface area contributed by atoms with Crippen molar-refractivity contribution in [3.8, 4) is 0 Å². The molecule has 0 bridgehead atoms. The Bertz CT molecular complexity index is 46.5. The highest BCUT2D eigenvalue weighted by Gasteiger charge is 2.09. The van der Waals surface area contributed by atoms with Crippen LogP contribution in [0.4, 0.5) is 0 Å². The highest BCUT2D eigenvalue weighted by molar-refractivity contribution is 6.23. The molecular weight excluding hydrogens is 110 g/mol. The van der Waals surface area contributed by atoms with Crippen molar-refractivity contribution in [2.24, 2.45) is 5.73 Å². The third kappa shape index (κ3) is 6.25. The Morgan fingerprint density at radius 3 is 2.00 bits per heavy atom. The van der Waals surface area contributed by atoms with Crippen LogP contribution in [-0.2, 0) is 0 Å². The van der Waals surface area contributed by atoms with Crippen LogP contribution >= 0.6 is 11.6 Å². The minimum atomic E-state index is -0.102. The lowest BCUT2D eigenvalue weighted by Crippen LogP contribution is -2.16. The van der Waals surface area contributed by atoms with E-state index >= 15 is 0 Å². The summed E-state index contributed by atoms with van der Waals surface area (Å²) in [6.07, 6.45) is 0.883. The average Bonchev–Trinajstić information content (AvgIpc) is 1.30. The molecule has 0 amide bonds. The summed E-state index contributed by atoms with van der Waals surface area (Å²) in [5.41, 5.74) is 5.23. The van der Waals surface area contributed by atoms with Gasteiger partial charge in [0.25, 0.3) is 0 Å². The summed E-state index contributed by atoms with van der Waals surface area (Å²) >= 11 is 5.75. The fourth-order valence-electron chi connectivity index (χ4n) is 0.343. The molecule has 0 aromatic carbocycles. The minimum Gasteiger partial charge on any atom is -0.330 e. The standard InChI is InChI=1S/C5H12ClN/c1-5(2,6)3-4-7/h3-4,7H2,1-2H3. The zero-order valence-electron chi connectivity index (χ0n) is 4.87. The second-order valence-electron chi connectivity index (χ2n) is 2.26. The molecule has 0 aliphatic rings. The molecule has 0 unspecified atom stereocenters. The van der Waals surface area contributed by atoms with Gasteiger partial charge in [0, 0.05) is 4.87 Å². The molecule has 0 rings (SSSR count). The van der Waals surface area contributed by atoms with Crippen molar-refractivity contribution >= 4 is 11.6 Å². The number of rotatable bonds is 2. The Hall–Kier alpha value is 0.250. The quantitative estimate of drug-likeness (QED) is 0.549. The SMILES string of the molecule is CC(C)(Cl)CCN. The Balaban J connectivity index is 3.15. The van der Waals surface area contributed by atoms with Gasteiger partial charge in [0.05, 0.1) is 0 Å². The number of alkyl halides is 1. The summed E-state index contributed by atoms with van der Waals surface area (Å²) in [4.78, 5) is -0.102. The van der Waals surface area contributed by atoms with Gasteiger partial charge in [-0.25, -0.2) is 0 Å². The summed E-state index contributed by atoms with van der Waals surface area (Å²) in [5.74, 6) is 0. The molecule has 2 N–H and O–H groups in total. The van der Waals surface area contributed by atoms with E-state index in [1.54, 1.807) is 0 Å². The first-order chi connectivity index (χ1) is 3.06. The van der Waals surface area contributed by atoms with Crippen LogP contribution in [0.1, 0.15) is 20.3 Å². The highest BCUT2D eigenvalue weighted by Crippen LogP contribution is 2.15. The molecule has 0 radical (unpaired) electrons. The van der Waals surface area contributed by atoms with E-state index < -0.39 is 0 Å². The molecule has 1 nitrogen and oxygen atoms in total. The van der Waals surface area contributed by atoms with Gasteiger partial charge in [-0.05, 0) is 26.8 Å². The zero-order valence-corrected chi connectivity index (χ0v) is 5.63. The van der Waals surface area contributed by atoms with Gasteiger partial charge in [-0.1, -0.05) is 0 Å². The predicted octanol–water partition coefficient (Wildman–Crippen LogP) is 1.35. The van der Waals surface area contributed by atoms with Gasteiger partial charge in [-0.2, -0.15) is 0 Å². The van der Waals surface area contributed by atoms with E-state index in [1.807, 2.05) is 13.8 Å². The van der Waals surface area contributed by atoms with E-state index in [1.165, 1.54) is 0 Å². The second-order valence-corrected chi connectivity index (χ2v) is 3.28. The van der Waals surface area contributed by atoms with Crippen molar-refractivity contribution in [2.75, 3.05) is 6.54 Å². The minimum absolute atomic E-state index is 0.102. The van der Waals surface area contributed by atoms with Crippen LogP contribution in [0.2, 0.25) is 0 Å². The first kappa shape index (κ1) is 7.25. The maximum atomic E-state index is 5.75. The molecule has 0 atom stereocenters. The third-order valence-electron chi connectivity index (χ3n) is 0.739. The Morgan fingerprint density at radius 1 is 1.57 bits per heavy atom. The van der Waals surface area contributed by atoms with Gasteiger partial charge in [-0.3, -0.25) is 0 Å². The fourth-order valence-corrected chi connectivity index (χ4v) is 0.452. The smallest absolute Gasteiger partial charge is 0.0402 e. The second kappa shape index (κ2) is 2.53. The molecule has 2 heteroatoms. The van der Waals surface area contributed by atoms with Gasteiger partial charge < -0.3 is 5.73 Å². The molecule has 0 aliphatic heterocycles. The number of halogens is 1. The Morgan fingerprint density at radius 2 is 2.00 bits per heavy atom. The molecule has 0 saturated heterocycles. The Labute approximate surface area is 49.8 Å². The summed E-state index contributed by atoms with van der Waals surface area (Å²) in [5, 5.41) is 0. The van der Waals surface area contributed by atoms with Crippen LogP contribution in [0.5, 0.6) is 0 Å². The number of hydrogen-bond acceptors (Lipinski definition) is 1. The monoisotopic (exact) mass is 121 g/mol. The van der Waals surface area contributed by atoms with E-state index in [2.05, 4.69) is 0 Å². The van der Waals surface area contributed by atoms with Gasteiger partial charge in [0.15, 0.2) is 0 Å². The van der Waals surface area contributed by atoms with Gasteiger partial charge in [0.1, 0.15) is 0 Å². The number of hydrogen-bond donors (Lipinski definition) is 1. The van der Waals surface area contributed by atoms with Crippen molar-refractivity contribution in [1.82, 2.24) is 0 Å². The predicted molar refractivity (Wildman–Crippen MR) is 33.6 cm³/mol. The Kier molecular flexibility index (Phi) is 2.62. The van der Waals surface area contributed by atoms with Gasteiger partial charge in [0.2, 0.25) is 0 Å². The molecule has 0 aliphatic carbocycles. The summed E-state index contributed by atoms with van der Waals surface area (Å²) < 4.78 is 0. The van der Waals surface area contributed by atoms with Crippen molar-refractivity contribution in [3.63, 3.8) is 0 Å². The van der Waals surface area contributed by atoms with Crippen molar-refractivity contribution < 1.29 is 0 Å². The lowest BCUT2D eigenvalue weighted by atomic mass is 10.1. The third-order valence-corrected chi connectivity index (χ3v) is 0.928. The molecule has 0 heterocycles. The van der Waals surface area contributed by atoms with E-state index in [0.29, 0.717) is 6.54 Å². The molecular formula is C5H12ClN. The zero-order chi connectivity index (χ0) is 5.91. The number of nitrogens with two attached hydrogens (primary N) is 1. The van der Waals surface area contributed by atoms with E-state index in [-0.39, 0.29) is 4.87 Å². The molecule has 0 aromatic rings. The molecule has 0 aromatic heterocycles. The summed E-state index contributed by atoms with van der Waals surface area (Å²) in [7, 11) is 0. The summed E-state index contributed by atoms with van der Waals surface area (Å²) in [6.45, 7) is 4.60. The van der Waals surface area contributed by atoms with Gasteiger partial charge in [-0.15, -0.1) is 11.6 Å². The highest BCUT2D eigenvalue weighted by atomic mass is 35.5. The van der Waals surface area contributed by atoms with Crippen LogP contribution in [-0.4, -0.2) is 11.4 Å². The largest absolute Gasteiger partial charge is 0.330 e. The molecule has 0 spiro atoms.